The molecule has 1 unspecified atom stereocenters. The number of aliphatic hydroxyl groups excluding tert-OH is 1. The lowest BCUT2D eigenvalue weighted by Gasteiger charge is -2.12. The highest BCUT2D eigenvalue weighted by atomic mass is 16.3. The van der Waals surface area contributed by atoms with Gasteiger partial charge in [0.05, 0.1) is 6.61 Å². The largest absolute Gasteiger partial charge is 0.451 e. The lowest BCUT2D eigenvalue weighted by atomic mass is 10.1. The fourth-order valence-electron chi connectivity index (χ4n) is 2.09. The van der Waals surface area contributed by atoms with Crippen molar-refractivity contribution in [3.63, 3.8) is 0 Å². The Hall–Kier alpha value is -1.85. The fraction of sp³-hybridized carbons (Fsp3) is 0.400. The molecule has 20 heavy (non-hydrogen) atoms. The monoisotopic (exact) mass is 276 g/mol. The first-order valence-electron chi connectivity index (χ1n) is 6.59. The van der Waals surface area contributed by atoms with E-state index in [0.29, 0.717) is 17.9 Å². The molecule has 5 heteroatoms. The zero-order chi connectivity index (χ0) is 14.7. The molecule has 1 aromatic heterocycles. The molecule has 1 aromatic carbocycles. The predicted molar refractivity (Wildman–Crippen MR) is 77.6 cm³/mol. The van der Waals surface area contributed by atoms with E-state index in [-0.39, 0.29) is 18.6 Å². The van der Waals surface area contributed by atoms with Crippen molar-refractivity contribution in [2.24, 2.45) is 0 Å². The van der Waals surface area contributed by atoms with Crippen molar-refractivity contribution in [3.8, 4) is 0 Å². The third kappa shape index (κ3) is 3.00. The summed E-state index contributed by atoms with van der Waals surface area (Å²) in [6, 6.07) is 7.30. The van der Waals surface area contributed by atoms with Crippen LogP contribution < -0.4 is 5.32 Å². The second-order valence-electron chi connectivity index (χ2n) is 5.20. The van der Waals surface area contributed by atoms with E-state index in [1.165, 1.54) is 0 Å². The molecule has 0 aliphatic heterocycles. The molecular weight excluding hydrogens is 256 g/mol. The summed E-state index contributed by atoms with van der Waals surface area (Å²) in [5.74, 6) is 0.0276. The molecule has 1 heterocycles. The highest BCUT2D eigenvalue weighted by molar-refractivity contribution is 5.99. The summed E-state index contributed by atoms with van der Waals surface area (Å²) >= 11 is 0. The maximum atomic E-state index is 12.3. The van der Waals surface area contributed by atoms with Gasteiger partial charge in [0.25, 0.3) is 5.91 Å². The number of fused-ring (bicyclic) bond motifs is 1. The third-order valence-electron chi connectivity index (χ3n) is 3.03. The van der Waals surface area contributed by atoms with Crippen molar-refractivity contribution in [3.05, 3.63) is 35.6 Å². The van der Waals surface area contributed by atoms with Crippen molar-refractivity contribution in [1.82, 2.24) is 10.2 Å². The Kier molecular flexibility index (Phi) is 4.42. The molecule has 0 saturated heterocycles. The summed E-state index contributed by atoms with van der Waals surface area (Å²) < 4.78 is 5.69. The summed E-state index contributed by atoms with van der Waals surface area (Å²) in [4.78, 5) is 14.2. The molecule has 0 aliphatic carbocycles. The molecule has 1 atom stereocenters. The molecule has 108 valence electrons. The molecule has 0 bridgehead atoms. The van der Waals surface area contributed by atoms with E-state index >= 15 is 0 Å². The van der Waals surface area contributed by atoms with Crippen LogP contribution in [0.4, 0.5) is 0 Å². The molecule has 2 N–H and O–H groups in total. The topological polar surface area (TPSA) is 65.7 Å². The van der Waals surface area contributed by atoms with E-state index in [0.717, 1.165) is 10.9 Å². The highest BCUT2D eigenvalue weighted by Crippen LogP contribution is 2.26. The smallest absolute Gasteiger partial charge is 0.287 e. The van der Waals surface area contributed by atoms with Gasteiger partial charge in [0.2, 0.25) is 0 Å². The number of para-hydroxylation sites is 1. The Morgan fingerprint density at radius 3 is 2.75 bits per heavy atom. The molecule has 0 saturated carbocycles. The van der Waals surface area contributed by atoms with E-state index in [4.69, 9.17) is 9.52 Å². The van der Waals surface area contributed by atoms with Crippen LogP contribution in [0.5, 0.6) is 0 Å². The van der Waals surface area contributed by atoms with Crippen LogP contribution in [-0.2, 0) is 6.54 Å². The number of amides is 1. The van der Waals surface area contributed by atoms with Gasteiger partial charge in [-0.15, -0.1) is 0 Å². The minimum absolute atomic E-state index is 0.102. The lowest BCUT2D eigenvalue weighted by molar-refractivity contribution is 0.0894. The van der Waals surface area contributed by atoms with Gasteiger partial charge in [0.15, 0.2) is 5.76 Å². The Morgan fingerprint density at radius 2 is 2.10 bits per heavy atom. The van der Waals surface area contributed by atoms with Crippen LogP contribution >= 0.6 is 0 Å². The molecule has 2 rings (SSSR count). The molecular formula is C15H20N2O3. The average Bonchev–Trinajstić information content (AvgIpc) is 2.77. The number of hydrogen-bond donors (Lipinski definition) is 2. The van der Waals surface area contributed by atoms with Gasteiger partial charge < -0.3 is 19.7 Å². The highest BCUT2D eigenvalue weighted by Gasteiger charge is 2.21. The van der Waals surface area contributed by atoms with Crippen molar-refractivity contribution < 1.29 is 14.3 Å². The van der Waals surface area contributed by atoms with Crippen molar-refractivity contribution in [2.45, 2.75) is 19.5 Å². The maximum absolute atomic E-state index is 12.3. The van der Waals surface area contributed by atoms with Gasteiger partial charge in [-0.1, -0.05) is 18.2 Å². The van der Waals surface area contributed by atoms with Gasteiger partial charge in [-0.3, -0.25) is 4.79 Å². The maximum Gasteiger partial charge on any atom is 0.287 e. The molecule has 0 aliphatic rings. The number of furan rings is 1. The molecule has 0 fully saturated rings. The Morgan fingerprint density at radius 1 is 1.40 bits per heavy atom. The first-order chi connectivity index (χ1) is 9.52. The van der Waals surface area contributed by atoms with Gasteiger partial charge in [-0.25, -0.2) is 0 Å². The minimum Gasteiger partial charge on any atom is -0.451 e. The molecule has 2 aromatic rings. The van der Waals surface area contributed by atoms with Crippen LogP contribution in [0.1, 0.15) is 23.0 Å². The van der Waals surface area contributed by atoms with Crippen LogP contribution in [0.15, 0.2) is 28.7 Å². The second kappa shape index (κ2) is 6.07. The van der Waals surface area contributed by atoms with Crippen LogP contribution in [0, 0.1) is 0 Å². The summed E-state index contributed by atoms with van der Waals surface area (Å²) in [5.41, 5.74) is 1.57. The zero-order valence-corrected chi connectivity index (χ0v) is 12.0. The minimum atomic E-state index is -0.303. The number of nitrogens with zero attached hydrogens (tertiary/aromatic N) is 1. The quantitative estimate of drug-likeness (QED) is 0.870. The first-order valence-corrected chi connectivity index (χ1v) is 6.59. The third-order valence-corrected chi connectivity index (χ3v) is 3.03. The van der Waals surface area contributed by atoms with Crippen molar-refractivity contribution in [2.75, 3.05) is 20.7 Å². The van der Waals surface area contributed by atoms with Gasteiger partial charge >= 0.3 is 0 Å². The molecule has 5 nitrogen and oxygen atoms in total. The average molecular weight is 276 g/mol. The van der Waals surface area contributed by atoms with E-state index in [9.17, 15) is 4.79 Å². The Balaban J connectivity index is 2.43. The van der Waals surface area contributed by atoms with Gasteiger partial charge in [-0.2, -0.15) is 0 Å². The number of rotatable bonds is 5. The summed E-state index contributed by atoms with van der Waals surface area (Å²) in [7, 11) is 3.89. The number of benzene rings is 1. The summed E-state index contributed by atoms with van der Waals surface area (Å²) in [6.45, 7) is 2.26. The van der Waals surface area contributed by atoms with Gasteiger partial charge in [-0.05, 0) is 27.1 Å². The van der Waals surface area contributed by atoms with E-state index in [1.807, 2.05) is 43.3 Å². The van der Waals surface area contributed by atoms with Crippen molar-refractivity contribution >= 4 is 16.9 Å². The Labute approximate surface area is 118 Å². The van der Waals surface area contributed by atoms with E-state index < -0.39 is 0 Å². The second-order valence-corrected chi connectivity index (χ2v) is 5.20. The predicted octanol–water partition coefficient (Wildman–Crippen LogP) is 1.61. The normalized spacial score (nSPS) is 12.8. The Bertz CT molecular complexity index is 604. The number of nitrogens with one attached hydrogen (secondary N) is 1. The summed E-state index contributed by atoms with van der Waals surface area (Å²) in [5, 5.41) is 12.7. The number of aliphatic hydroxyl groups is 1. The van der Waals surface area contributed by atoms with E-state index in [1.54, 1.807) is 6.92 Å². The van der Waals surface area contributed by atoms with E-state index in [2.05, 4.69) is 5.32 Å². The lowest BCUT2D eigenvalue weighted by Crippen LogP contribution is -2.35. The molecule has 1 amide bonds. The number of hydrogen-bond acceptors (Lipinski definition) is 4. The van der Waals surface area contributed by atoms with Crippen LogP contribution in [0.25, 0.3) is 11.0 Å². The van der Waals surface area contributed by atoms with Crippen molar-refractivity contribution in [1.29, 1.82) is 0 Å². The molecule has 0 spiro atoms. The van der Waals surface area contributed by atoms with Crippen LogP contribution in [0.3, 0.4) is 0 Å². The fourth-order valence-corrected chi connectivity index (χ4v) is 2.09. The first kappa shape index (κ1) is 14.6. The number of carbonyl (C=O) groups is 1. The van der Waals surface area contributed by atoms with Crippen LogP contribution in [0.2, 0.25) is 0 Å². The standard InChI is InChI=1S/C15H20N2O3/c1-10(9-18)16-15(19)14-12(8-17(2)3)11-6-4-5-7-13(11)20-14/h4-7,10,18H,8-9H2,1-3H3,(H,16,19). The summed E-state index contributed by atoms with van der Waals surface area (Å²) in [6.07, 6.45) is 0. The SMILES string of the molecule is CC(CO)NC(=O)c1oc2ccccc2c1CN(C)C. The zero-order valence-electron chi connectivity index (χ0n) is 12.0. The number of carbonyl (C=O) groups excluding carboxylic acids is 1. The van der Waals surface area contributed by atoms with Gasteiger partial charge in [0, 0.05) is 23.5 Å². The molecule has 0 radical (unpaired) electrons. The van der Waals surface area contributed by atoms with Crippen LogP contribution in [-0.4, -0.2) is 42.7 Å². The van der Waals surface area contributed by atoms with Gasteiger partial charge in [0.1, 0.15) is 5.58 Å².